The van der Waals surface area contributed by atoms with Crippen molar-refractivity contribution in [2.45, 2.75) is 12.8 Å². The van der Waals surface area contributed by atoms with Crippen molar-refractivity contribution in [1.82, 2.24) is 15.5 Å². The van der Waals surface area contributed by atoms with Crippen LogP contribution in [0.2, 0.25) is 0 Å². The lowest BCUT2D eigenvalue weighted by Gasteiger charge is -2.36. The number of halogens is 1. The van der Waals surface area contributed by atoms with Crippen molar-refractivity contribution >= 4 is 52.9 Å². The first kappa shape index (κ1) is 23.5. The zero-order chi connectivity index (χ0) is 19.8. The van der Waals surface area contributed by atoms with Gasteiger partial charge in [0.25, 0.3) is 0 Å². The molecule has 0 aliphatic carbocycles. The number of para-hydroxylation sites is 1. The number of amides is 1. The van der Waals surface area contributed by atoms with E-state index in [1.165, 1.54) is 11.3 Å². The van der Waals surface area contributed by atoms with Gasteiger partial charge in [-0.05, 0) is 40.4 Å². The van der Waals surface area contributed by atoms with Gasteiger partial charge in [-0.15, -0.1) is 24.0 Å². The fourth-order valence-electron chi connectivity index (χ4n) is 3.27. The van der Waals surface area contributed by atoms with Crippen molar-refractivity contribution in [2.24, 2.45) is 4.99 Å². The van der Waals surface area contributed by atoms with Gasteiger partial charge in [-0.3, -0.25) is 9.79 Å². The Hall–Kier alpha value is -1.81. The number of thiophene rings is 1. The molecule has 2 N–H and O–H groups in total. The highest BCUT2D eigenvalue weighted by atomic mass is 127. The van der Waals surface area contributed by atoms with Gasteiger partial charge in [-0.2, -0.15) is 11.3 Å². The van der Waals surface area contributed by atoms with Crippen LogP contribution >= 0.6 is 35.3 Å². The minimum absolute atomic E-state index is 0. The summed E-state index contributed by atoms with van der Waals surface area (Å²) in [5.74, 6) is 1.17. The number of carbonyl (C=O) groups excluding carboxylic acids is 1. The van der Waals surface area contributed by atoms with Crippen molar-refractivity contribution in [3.63, 3.8) is 0 Å². The van der Waals surface area contributed by atoms with Gasteiger partial charge in [-0.25, -0.2) is 0 Å². The number of piperazine rings is 1. The number of guanidine groups is 1. The topological polar surface area (TPSA) is 60.0 Å². The average Bonchev–Trinajstić information content (AvgIpc) is 3.29. The summed E-state index contributed by atoms with van der Waals surface area (Å²) in [6.07, 6.45) is 0. The molecule has 0 bridgehead atoms. The molecule has 2 heterocycles. The number of hydrogen-bond donors (Lipinski definition) is 2. The Morgan fingerprint density at radius 3 is 2.48 bits per heavy atom. The molecule has 1 unspecified atom stereocenters. The van der Waals surface area contributed by atoms with Gasteiger partial charge in [0.05, 0.1) is 6.54 Å². The van der Waals surface area contributed by atoms with Crippen LogP contribution < -0.4 is 15.5 Å². The van der Waals surface area contributed by atoms with Gasteiger partial charge < -0.3 is 20.4 Å². The largest absolute Gasteiger partial charge is 0.368 e. The van der Waals surface area contributed by atoms with Crippen LogP contribution in [-0.2, 0) is 4.79 Å². The molecule has 1 aromatic heterocycles. The molecule has 29 heavy (non-hydrogen) atoms. The van der Waals surface area contributed by atoms with Crippen LogP contribution in [0.5, 0.6) is 0 Å². The predicted molar refractivity (Wildman–Crippen MR) is 133 cm³/mol. The fourth-order valence-corrected chi connectivity index (χ4v) is 4.05. The molecular weight excluding hydrogens is 497 g/mol. The molecule has 0 radical (unpaired) electrons. The molecule has 1 aliphatic rings. The Morgan fingerprint density at radius 2 is 1.86 bits per heavy atom. The van der Waals surface area contributed by atoms with Crippen LogP contribution in [0.4, 0.5) is 5.69 Å². The highest BCUT2D eigenvalue weighted by molar-refractivity contribution is 14.0. The number of nitrogens with zero attached hydrogens (tertiary/aromatic N) is 3. The summed E-state index contributed by atoms with van der Waals surface area (Å²) in [6.45, 7) is 6.44. The van der Waals surface area contributed by atoms with Crippen molar-refractivity contribution in [1.29, 1.82) is 0 Å². The molecule has 1 aromatic carbocycles. The van der Waals surface area contributed by atoms with E-state index in [-0.39, 0.29) is 36.4 Å². The molecule has 0 spiro atoms. The quantitative estimate of drug-likeness (QED) is 0.345. The van der Waals surface area contributed by atoms with Crippen LogP contribution in [0.1, 0.15) is 18.4 Å². The van der Waals surface area contributed by atoms with Crippen LogP contribution in [0.3, 0.4) is 0 Å². The summed E-state index contributed by atoms with van der Waals surface area (Å²) >= 11 is 1.71. The number of nitrogens with one attached hydrogen (secondary N) is 2. The third kappa shape index (κ3) is 6.88. The molecular formula is C21H30IN5OS. The number of aliphatic imine (C=N–C) groups is 1. The van der Waals surface area contributed by atoms with Crippen molar-refractivity contribution < 1.29 is 4.79 Å². The van der Waals surface area contributed by atoms with Crippen LogP contribution in [0.25, 0.3) is 0 Å². The minimum atomic E-state index is 0. The van der Waals surface area contributed by atoms with E-state index in [0.717, 1.165) is 32.7 Å². The molecule has 158 valence electrons. The summed E-state index contributed by atoms with van der Waals surface area (Å²) in [6, 6.07) is 12.5. The maximum absolute atomic E-state index is 12.6. The third-order valence-corrected chi connectivity index (χ3v) is 5.77. The van der Waals surface area contributed by atoms with Gasteiger partial charge in [0, 0.05) is 45.5 Å². The summed E-state index contributed by atoms with van der Waals surface area (Å²) in [5, 5.41) is 10.7. The Kier molecular flexibility index (Phi) is 9.72. The third-order valence-electron chi connectivity index (χ3n) is 5.07. The standard InChI is InChI=1S/C21H29N5OS.HI/c1-17(18-8-13-28-16-18)14-23-21(22-2)24-15-20(27)26-11-9-25(10-12-26)19-6-4-3-5-7-19;/h3-8,13,16-17H,9-12,14-15H2,1-2H3,(H2,22,23,24);1H. The second kappa shape index (κ2) is 12.0. The van der Waals surface area contributed by atoms with Gasteiger partial charge in [0.1, 0.15) is 0 Å². The molecule has 1 amide bonds. The second-order valence-corrected chi connectivity index (χ2v) is 7.75. The Labute approximate surface area is 194 Å². The molecule has 0 saturated carbocycles. The maximum atomic E-state index is 12.6. The summed E-state index contributed by atoms with van der Waals surface area (Å²) in [4.78, 5) is 21.0. The average molecular weight is 527 g/mol. The van der Waals surface area contributed by atoms with Gasteiger partial charge in [0.15, 0.2) is 5.96 Å². The summed E-state index contributed by atoms with van der Waals surface area (Å²) < 4.78 is 0. The van der Waals surface area contributed by atoms with Crippen molar-refractivity contribution in [2.75, 3.05) is 51.2 Å². The van der Waals surface area contributed by atoms with Gasteiger partial charge in [0.2, 0.25) is 5.91 Å². The van der Waals surface area contributed by atoms with Crippen LogP contribution in [0, 0.1) is 0 Å². The van der Waals surface area contributed by atoms with E-state index >= 15 is 0 Å². The highest BCUT2D eigenvalue weighted by Gasteiger charge is 2.21. The number of carbonyl (C=O) groups is 1. The monoisotopic (exact) mass is 527 g/mol. The molecule has 6 nitrogen and oxygen atoms in total. The molecule has 3 rings (SSSR count). The molecule has 1 fully saturated rings. The molecule has 1 atom stereocenters. The van der Waals surface area contributed by atoms with E-state index < -0.39 is 0 Å². The maximum Gasteiger partial charge on any atom is 0.242 e. The first-order valence-electron chi connectivity index (χ1n) is 9.71. The van der Waals surface area contributed by atoms with Gasteiger partial charge in [-0.1, -0.05) is 25.1 Å². The zero-order valence-corrected chi connectivity index (χ0v) is 20.2. The minimum Gasteiger partial charge on any atom is -0.368 e. The molecule has 2 aromatic rings. The highest BCUT2D eigenvalue weighted by Crippen LogP contribution is 2.17. The van der Waals surface area contributed by atoms with Crippen LogP contribution in [-0.4, -0.2) is 63.1 Å². The fraction of sp³-hybridized carbons (Fsp3) is 0.429. The molecule has 1 aliphatic heterocycles. The normalized spacial score (nSPS) is 15.4. The van der Waals surface area contributed by atoms with E-state index in [1.807, 2.05) is 11.0 Å². The lowest BCUT2D eigenvalue weighted by Crippen LogP contribution is -2.52. The Balaban J connectivity index is 0.00000300. The van der Waals surface area contributed by atoms with E-state index in [9.17, 15) is 4.79 Å². The van der Waals surface area contributed by atoms with E-state index in [2.05, 4.69) is 68.5 Å². The number of anilines is 1. The number of benzene rings is 1. The lowest BCUT2D eigenvalue weighted by atomic mass is 10.1. The van der Waals surface area contributed by atoms with Crippen LogP contribution in [0.15, 0.2) is 52.2 Å². The lowest BCUT2D eigenvalue weighted by molar-refractivity contribution is -0.130. The SMILES string of the molecule is CN=C(NCC(=O)N1CCN(c2ccccc2)CC1)NCC(C)c1ccsc1.I. The van der Waals surface area contributed by atoms with E-state index in [4.69, 9.17) is 0 Å². The first-order chi connectivity index (χ1) is 13.7. The Bertz CT molecular complexity index is 761. The van der Waals surface area contributed by atoms with Crippen molar-refractivity contribution in [3.8, 4) is 0 Å². The van der Waals surface area contributed by atoms with E-state index in [1.54, 1.807) is 18.4 Å². The molecule has 1 saturated heterocycles. The summed E-state index contributed by atoms with van der Waals surface area (Å²) in [7, 11) is 1.73. The number of rotatable bonds is 6. The zero-order valence-electron chi connectivity index (χ0n) is 17.0. The predicted octanol–water partition coefficient (Wildman–Crippen LogP) is 2.98. The van der Waals surface area contributed by atoms with E-state index in [0.29, 0.717) is 11.9 Å². The first-order valence-corrected chi connectivity index (χ1v) is 10.7. The molecule has 8 heteroatoms. The van der Waals surface area contributed by atoms with Gasteiger partial charge >= 0.3 is 0 Å². The number of hydrogen-bond acceptors (Lipinski definition) is 4. The Morgan fingerprint density at radius 1 is 1.14 bits per heavy atom. The van der Waals surface area contributed by atoms with Crippen molar-refractivity contribution in [3.05, 3.63) is 52.7 Å². The summed E-state index contributed by atoms with van der Waals surface area (Å²) in [5.41, 5.74) is 2.54. The second-order valence-electron chi connectivity index (χ2n) is 6.97. The smallest absolute Gasteiger partial charge is 0.242 e.